The lowest BCUT2D eigenvalue weighted by molar-refractivity contribution is -0.137. The molecule has 2 rings (SSSR count). The molecule has 0 bridgehead atoms. The van der Waals surface area contributed by atoms with E-state index in [1.54, 1.807) is 12.1 Å². The van der Waals surface area contributed by atoms with Gasteiger partial charge in [0.2, 0.25) is 0 Å². The van der Waals surface area contributed by atoms with Crippen molar-refractivity contribution in [2.45, 2.75) is 13.1 Å². The van der Waals surface area contributed by atoms with E-state index in [9.17, 15) is 21.6 Å². The largest absolute Gasteiger partial charge is 0.416 e. The molecule has 23 heavy (non-hydrogen) atoms. The van der Waals surface area contributed by atoms with E-state index in [0.29, 0.717) is 5.56 Å². The molecule has 0 atom stereocenters. The molecular formula is C16H14F3NO2S. The summed E-state index contributed by atoms with van der Waals surface area (Å²) in [6.45, 7) is 1.90. The second-order valence-corrected chi connectivity index (χ2v) is 6.51. The average Bonchev–Trinajstić information content (AvgIpc) is 2.46. The lowest BCUT2D eigenvalue weighted by Gasteiger charge is -2.09. The van der Waals surface area contributed by atoms with E-state index < -0.39 is 21.8 Å². The van der Waals surface area contributed by atoms with E-state index in [4.69, 9.17) is 0 Å². The minimum atomic E-state index is -4.53. The van der Waals surface area contributed by atoms with Crippen LogP contribution in [0.1, 0.15) is 16.7 Å². The van der Waals surface area contributed by atoms with Crippen molar-refractivity contribution in [3.05, 3.63) is 70.6 Å². The molecule has 0 spiro atoms. The molecule has 0 heterocycles. The smallest absolute Gasteiger partial charge is 0.280 e. The third kappa shape index (κ3) is 5.14. The Balaban J connectivity index is 2.17. The molecule has 0 aliphatic carbocycles. The predicted octanol–water partition coefficient (Wildman–Crippen LogP) is 4.43. The molecule has 2 aromatic carbocycles. The van der Waals surface area contributed by atoms with E-state index in [1.807, 2.05) is 19.1 Å². The van der Waals surface area contributed by atoms with Gasteiger partial charge in [-0.2, -0.15) is 13.2 Å². The maximum atomic E-state index is 12.6. The molecule has 0 saturated heterocycles. The summed E-state index contributed by atoms with van der Waals surface area (Å²) >= 11 is 0. The van der Waals surface area contributed by atoms with Gasteiger partial charge in [0.25, 0.3) is 10.0 Å². The highest BCUT2D eigenvalue weighted by atomic mass is 32.2. The van der Waals surface area contributed by atoms with Crippen molar-refractivity contribution >= 4 is 21.8 Å². The number of benzene rings is 2. The number of aryl methyl sites for hydroxylation is 1. The maximum absolute atomic E-state index is 12.6. The molecule has 0 aromatic heterocycles. The molecule has 0 radical (unpaired) electrons. The summed E-state index contributed by atoms with van der Waals surface area (Å²) in [6.07, 6.45) is -3.16. The fourth-order valence-electron chi connectivity index (χ4n) is 1.80. The fourth-order valence-corrected chi connectivity index (χ4v) is 2.66. The highest BCUT2D eigenvalue weighted by Gasteiger charge is 2.30. The summed E-state index contributed by atoms with van der Waals surface area (Å²) in [5.74, 6) is 0. The first-order chi connectivity index (χ1) is 10.7. The van der Waals surface area contributed by atoms with Crippen LogP contribution >= 0.6 is 0 Å². The summed E-state index contributed by atoms with van der Waals surface area (Å²) in [5, 5.41) is 0.915. The Kier molecular flexibility index (Phi) is 4.79. The van der Waals surface area contributed by atoms with E-state index in [1.165, 1.54) is 12.1 Å². The number of hydrogen-bond donors (Lipinski definition) is 1. The Morgan fingerprint density at radius 3 is 2.30 bits per heavy atom. The normalized spacial score (nSPS) is 12.5. The first kappa shape index (κ1) is 17.1. The van der Waals surface area contributed by atoms with E-state index in [2.05, 4.69) is 4.72 Å². The van der Waals surface area contributed by atoms with Crippen molar-refractivity contribution in [1.82, 2.24) is 0 Å². The average molecular weight is 341 g/mol. The van der Waals surface area contributed by atoms with E-state index in [0.717, 1.165) is 29.2 Å². The van der Waals surface area contributed by atoms with Gasteiger partial charge in [0, 0.05) is 5.69 Å². The number of rotatable bonds is 4. The molecule has 122 valence electrons. The van der Waals surface area contributed by atoms with Crippen LogP contribution < -0.4 is 4.72 Å². The third-order valence-corrected chi connectivity index (χ3v) is 3.98. The van der Waals surface area contributed by atoms with Gasteiger partial charge in [-0.25, -0.2) is 8.42 Å². The zero-order valence-corrected chi connectivity index (χ0v) is 12.9. The molecule has 0 amide bonds. The second kappa shape index (κ2) is 6.45. The van der Waals surface area contributed by atoms with Crippen LogP contribution in [-0.4, -0.2) is 8.42 Å². The van der Waals surface area contributed by atoms with Crippen LogP contribution in [0.4, 0.5) is 18.9 Å². The van der Waals surface area contributed by atoms with E-state index >= 15 is 0 Å². The zero-order valence-electron chi connectivity index (χ0n) is 12.1. The van der Waals surface area contributed by atoms with Gasteiger partial charge >= 0.3 is 6.18 Å². The van der Waals surface area contributed by atoms with Crippen LogP contribution in [0, 0.1) is 6.92 Å². The summed E-state index contributed by atoms with van der Waals surface area (Å²) in [4.78, 5) is 0. The topological polar surface area (TPSA) is 46.2 Å². The Hall–Kier alpha value is -2.28. The molecule has 3 nitrogen and oxygen atoms in total. The number of alkyl halides is 3. The van der Waals surface area contributed by atoms with Crippen molar-refractivity contribution in [2.24, 2.45) is 0 Å². The monoisotopic (exact) mass is 341 g/mol. The number of nitrogens with one attached hydrogen (secondary N) is 1. The minimum Gasteiger partial charge on any atom is -0.280 e. The lowest BCUT2D eigenvalue weighted by atomic mass is 10.2. The summed E-state index contributed by atoms with van der Waals surface area (Å²) < 4.78 is 63.8. The third-order valence-electron chi connectivity index (χ3n) is 2.97. The minimum absolute atomic E-state index is 0.145. The van der Waals surface area contributed by atoms with Crippen LogP contribution in [0.2, 0.25) is 0 Å². The molecule has 2 aromatic rings. The highest BCUT2D eigenvalue weighted by molar-refractivity contribution is 7.95. The van der Waals surface area contributed by atoms with Gasteiger partial charge in [-0.05, 0) is 36.8 Å². The SMILES string of the molecule is Cc1ccc(/C=C/S(=O)(=O)Nc2cccc(C(F)(F)F)c2)cc1. The van der Waals surface area contributed by atoms with Crippen LogP contribution in [0.5, 0.6) is 0 Å². The van der Waals surface area contributed by atoms with Gasteiger partial charge in [0.05, 0.1) is 11.0 Å². The number of sulfonamides is 1. The first-order valence-electron chi connectivity index (χ1n) is 6.60. The first-order valence-corrected chi connectivity index (χ1v) is 8.15. The maximum Gasteiger partial charge on any atom is 0.416 e. The molecule has 0 aliphatic heterocycles. The van der Waals surface area contributed by atoms with Crippen molar-refractivity contribution in [3.8, 4) is 0 Å². The molecule has 0 aliphatic rings. The van der Waals surface area contributed by atoms with Crippen molar-refractivity contribution in [3.63, 3.8) is 0 Å². The lowest BCUT2D eigenvalue weighted by Crippen LogP contribution is -2.11. The Bertz CT molecular complexity index is 810. The molecule has 0 unspecified atom stereocenters. The Morgan fingerprint density at radius 1 is 1.04 bits per heavy atom. The fraction of sp³-hybridized carbons (Fsp3) is 0.125. The molecule has 0 fully saturated rings. The van der Waals surface area contributed by atoms with Gasteiger partial charge in [0.1, 0.15) is 0 Å². The second-order valence-electron chi connectivity index (χ2n) is 4.94. The van der Waals surface area contributed by atoms with Crippen LogP contribution in [0.3, 0.4) is 0 Å². The van der Waals surface area contributed by atoms with Gasteiger partial charge in [0.15, 0.2) is 0 Å². The van der Waals surface area contributed by atoms with Crippen LogP contribution in [0.25, 0.3) is 6.08 Å². The van der Waals surface area contributed by atoms with E-state index in [-0.39, 0.29) is 5.69 Å². The predicted molar refractivity (Wildman–Crippen MR) is 84.2 cm³/mol. The van der Waals surface area contributed by atoms with Crippen molar-refractivity contribution in [2.75, 3.05) is 4.72 Å². The van der Waals surface area contributed by atoms with Gasteiger partial charge in [-0.3, -0.25) is 4.72 Å². The highest BCUT2D eigenvalue weighted by Crippen LogP contribution is 2.30. The summed E-state index contributed by atoms with van der Waals surface area (Å²) in [5.41, 5.74) is 0.644. The molecular weight excluding hydrogens is 327 g/mol. The number of halogens is 3. The quantitative estimate of drug-likeness (QED) is 0.894. The molecule has 0 saturated carbocycles. The Morgan fingerprint density at radius 2 is 1.70 bits per heavy atom. The Labute approximate surface area is 132 Å². The molecule has 1 N–H and O–H groups in total. The van der Waals surface area contributed by atoms with Crippen molar-refractivity contribution < 1.29 is 21.6 Å². The summed E-state index contributed by atoms with van der Waals surface area (Å²) in [7, 11) is -3.90. The van der Waals surface area contributed by atoms with Crippen LogP contribution in [0.15, 0.2) is 53.9 Å². The van der Waals surface area contributed by atoms with Gasteiger partial charge < -0.3 is 0 Å². The van der Waals surface area contributed by atoms with Crippen LogP contribution in [-0.2, 0) is 16.2 Å². The van der Waals surface area contributed by atoms with Gasteiger partial charge in [-0.1, -0.05) is 35.9 Å². The zero-order chi connectivity index (χ0) is 17.1. The van der Waals surface area contributed by atoms with Crippen molar-refractivity contribution in [1.29, 1.82) is 0 Å². The molecule has 7 heteroatoms. The van der Waals surface area contributed by atoms with Gasteiger partial charge in [-0.15, -0.1) is 0 Å². The summed E-state index contributed by atoms with van der Waals surface area (Å²) in [6, 6.07) is 11.2. The standard InChI is InChI=1S/C16H14F3NO2S/c1-12-5-7-13(8-6-12)9-10-23(21,22)20-15-4-2-3-14(11-15)16(17,18)19/h2-11,20H,1H3/b10-9+. The number of hydrogen-bond acceptors (Lipinski definition) is 2. The number of anilines is 1.